The van der Waals surface area contributed by atoms with Gasteiger partial charge in [0, 0.05) is 19.1 Å². The first-order chi connectivity index (χ1) is 10.3. The number of ether oxygens (including phenoxy) is 1. The van der Waals surface area contributed by atoms with Crippen LogP contribution < -0.4 is 10.5 Å². The lowest BCUT2D eigenvalue weighted by Crippen LogP contribution is -2.54. The summed E-state index contributed by atoms with van der Waals surface area (Å²) in [6.07, 6.45) is 1.29. The number of carbonyl (C=O) groups excluding carboxylic acids is 1. The van der Waals surface area contributed by atoms with Crippen molar-refractivity contribution < 1.29 is 9.53 Å². The van der Waals surface area contributed by atoms with Crippen LogP contribution in [0, 0.1) is 19.3 Å². The third kappa shape index (κ3) is 5.11. The van der Waals surface area contributed by atoms with Crippen molar-refractivity contribution in [2.75, 3.05) is 19.7 Å². The summed E-state index contributed by atoms with van der Waals surface area (Å²) in [5.41, 5.74) is 8.37. The molecule has 1 atom stereocenters. The van der Waals surface area contributed by atoms with Gasteiger partial charge in [-0.05, 0) is 42.9 Å². The number of hydrogen-bond donors (Lipinski definition) is 1. The molecule has 1 heterocycles. The molecule has 1 fully saturated rings. The summed E-state index contributed by atoms with van der Waals surface area (Å²) in [4.78, 5) is 14.3. The molecule has 4 nitrogen and oxygen atoms in total. The van der Waals surface area contributed by atoms with E-state index >= 15 is 0 Å². The normalized spacial score (nSPS) is 19.9. The van der Waals surface area contributed by atoms with E-state index in [1.807, 2.05) is 30.9 Å². The maximum absolute atomic E-state index is 12.3. The zero-order valence-electron chi connectivity index (χ0n) is 14.6. The van der Waals surface area contributed by atoms with Gasteiger partial charge in [0.05, 0.1) is 13.0 Å². The summed E-state index contributed by atoms with van der Waals surface area (Å²) in [6.45, 7) is 10.2. The number of benzene rings is 1. The first-order valence-corrected chi connectivity index (χ1v) is 8.03. The first kappa shape index (κ1) is 19.8. The number of piperidine rings is 1. The summed E-state index contributed by atoms with van der Waals surface area (Å²) >= 11 is 0. The molecular weight excluding hydrogens is 312 g/mol. The van der Waals surface area contributed by atoms with Crippen LogP contribution >= 0.6 is 12.4 Å². The summed E-state index contributed by atoms with van der Waals surface area (Å²) < 4.78 is 5.78. The van der Waals surface area contributed by atoms with Gasteiger partial charge in [0.2, 0.25) is 5.91 Å². The predicted molar refractivity (Wildman–Crippen MR) is 96.2 cm³/mol. The minimum Gasteiger partial charge on any atom is -0.493 e. The average molecular weight is 341 g/mol. The fourth-order valence-electron chi connectivity index (χ4n) is 2.86. The van der Waals surface area contributed by atoms with Crippen molar-refractivity contribution in [1.29, 1.82) is 0 Å². The lowest BCUT2D eigenvalue weighted by atomic mass is 9.79. The third-order valence-electron chi connectivity index (χ3n) is 4.58. The van der Waals surface area contributed by atoms with E-state index in [1.54, 1.807) is 0 Å². The molecule has 0 bridgehead atoms. The summed E-state index contributed by atoms with van der Waals surface area (Å²) in [7, 11) is 0. The Morgan fingerprint density at radius 2 is 2.09 bits per heavy atom. The second-order valence-corrected chi connectivity index (χ2v) is 7.07. The predicted octanol–water partition coefficient (Wildman–Crippen LogP) is 3.08. The molecule has 1 amide bonds. The lowest BCUT2D eigenvalue weighted by molar-refractivity contribution is -0.135. The highest BCUT2D eigenvalue weighted by Gasteiger charge is 2.35. The number of rotatable bonds is 4. The second kappa shape index (κ2) is 8.02. The van der Waals surface area contributed by atoms with E-state index in [0.29, 0.717) is 13.0 Å². The Morgan fingerprint density at radius 3 is 2.74 bits per heavy atom. The highest BCUT2D eigenvalue weighted by atomic mass is 35.5. The van der Waals surface area contributed by atoms with Crippen LogP contribution in [-0.4, -0.2) is 36.5 Å². The van der Waals surface area contributed by atoms with E-state index < -0.39 is 0 Å². The van der Waals surface area contributed by atoms with Gasteiger partial charge in [-0.15, -0.1) is 12.4 Å². The van der Waals surface area contributed by atoms with E-state index in [-0.39, 0.29) is 29.8 Å². The molecule has 1 aromatic carbocycles. The zero-order chi connectivity index (χ0) is 16.3. The Hall–Kier alpha value is -1.26. The summed E-state index contributed by atoms with van der Waals surface area (Å²) in [5.74, 6) is 1.03. The molecule has 1 saturated heterocycles. The quantitative estimate of drug-likeness (QED) is 0.916. The number of amides is 1. The summed E-state index contributed by atoms with van der Waals surface area (Å²) in [6, 6.07) is 6.29. The number of nitrogens with two attached hydrogens (primary N) is 1. The van der Waals surface area contributed by atoms with Crippen molar-refractivity contribution in [3.05, 3.63) is 29.3 Å². The SMILES string of the molecule is Cc1ccc(C)c(OCCC(=O)N2CCC(N)C(C)(C)C2)c1.Cl. The molecule has 0 radical (unpaired) electrons. The second-order valence-electron chi connectivity index (χ2n) is 7.07. The maximum Gasteiger partial charge on any atom is 0.226 e. The van der Waals surface area contributed by atoms with Crippen molar-refractivity contribution in [1.82, 2.24) is 4.90 Å². The van der Waals surface area contributed by atoms with Gasteiger partial charge in [-0.25, -0.2) is 0 Å². The molecule has 0 aliphatic carbocycles. The number of aryl methyl sites for hydroxylation is 2. The van der Waals surface area contributed by atoms with Gasteiger partial charge in [0.15, 0.2) is 0 Å². The van der Waals surface area contributed by atoms with Crippen LogP contribution in [0.2, 0.25) is 0 Å². The number of hydrogen-bond acceptors (Lipinski definition) is 3. The van der Waals surface area contributed by atoms with Gasteiger partial charge in [0.25, 0.3) is 0 Å². The van der Waals surface area contributed by atoms with Crippen LogP contribution in [0.25, 0.3) is 0 Å². The van der Waals surface area contributed by atoms with Crippen LogP contribution in [0.15, 0.2) is 18.2 Å². The fourth-order valence-corrected chi connectivity index (χ4v) is 2.86. The van der Waals surface area contributed by atoms with Crippen molar-refractivity contribution in [3.63, 3.8) is 0 Å². The van der Waals surface area contributed by atoms with E-state index in [4.69, 9.17) is 10.5 Å². The van der Waals surface area contributed by atoms with E-state index in [2.05, 4.69) is 19.9 Å². The molecule has 1 unspecified atom stereocenters. The average Bonchev–Trinajstić information content (AvgIpc) is 2.45. The standard InChI is InChI=1S/C18H28N2O2.ClH/c1-13-5-6-14(2)15(11-13)22-10-8-17(21)20-9-7-16(19)18(3,4)12-20;/h5-6,11,16H,7-10,12,19H2,1-4H3;1H. The van der Waals surface area contributed by atoms with Crippen LogP contribution in [0.3, 0.4) is 0 Å². The summed E-state index contributed by atoms with van der Waals surface area (Å²) in [5, 5.41) is 0. The molecule has 0 spiro atoms. The Labute approximate surface area is 145 Å². The molecule has 2 rings (SSSR count). The van der Waals surface area contributed by atoms with E-state index in [9.17, 15) is 4.79 Å². The molecule has 23 heavy (non-hydrogen) atoms. The topological polar surface area (TPSA) is 55.6 Å². The highest BCUT2D eigenvalue weighted by Crippen LogP contribution is 2.28. The number of halogens is 1. The van der Waals surface area contributed by atoms with Crippen LogP contribution in [0.1, 0.15) is 37.8 Å². The van der Waals surface area contributed by atoms with Gasteiger partial charge in [-0.1, -0.05) is 26.0 Å². The zero-order valence-corrected chi connectivity index (χ0v) is 15.4. The molecular formula is C18H29ClN2O2. The molecule has 0 saturated carbocycles. The Kier molecular flexibility index (Phi) is 6.90. The van der Waals surface area contributed by atoms with Crippen molar-refractivity contribution >= 4 is 18.3 Å². The van der Waals surface area contributed by atoms with Crippen molar-refractivity contribution in [3.8, 4) is 5.75 Å². The number of likely N-dealkylation sites (tertiary alicyclic amines) is 1. The van der Waals surface area contributed by atoms with E-state index in [1.165, 1.54) is 5.56 Å². The van der Waals surface area contributed by atoms with Crippen molar-refractivity contribution in [2.24, 2.45) is 11.1 Å². The maximum atomic E-state index is 12.3. The molecule has 0 aromatic heterocycles. The monoisotopic (exact) mass is 340 g/mol. The van der Waals surface area contributed by atoms with Gasteiger partial charge in [-0.2, -0.15) is 0 Å². The minimum atomic E-state index is -0.0120. The Morgan fingerprint density at radius 1 is 1.39 bits per heavy atom. The molecule has 5 heteroatoms. The molecule has 130 valence electrons. The van der Waals surface area contributed by atoms with Gasteiger partial charge < -0.3 is 15.4 Å². The number of nitrogens with zero attached hydrogens (tertiary/aromatic N) is 1. The van der Waals surface area contributed by atoms with E-state index in [0.717, 1.165) is 30.8 Å². The van der Waals surface area contributed by atoms with Crippen LogP contribution in [0.4, 0.5) is 0 Å². The smallest absolute Gasteiger partial charge is 0.226 e. The van der Waals surface area contributed by atoms with Gasteiger partial charge in [0.1, 0.15) is 5.75 Å². The first-order valence-electron chi connectivity index (χ1n) is 8.03. The third-order valence-corrected chi connectivity index (χ3v) is 4.58. The van der Waals surface area contributed by atoms with Gasteiger partial charge in [-0.3, -0.25) is 4.79 Å². The Bertz CT molecular complexity index is 546. The Balaban J connectivity index is 0.00000264. The highest BCUT2D eigenvalue weighted by molar-refractivity contribution is 5.85. The lowest BCUT2D eigenvalue weighted by Gasteiger charge is -2.42. The van der Waals surface area contributed by atoms with Crippen molar-refractivity contribution in [2.45, 2.75) is 46.6 Å². The molecule has 1 aliphatic heterocycles. The fraction of sp³-hybridized carbons (Fsp3) is 0.611. The minimum absolute atomic E-state index is 0. The number of carbonyl (C=O) groups is 1. The van der Waals surface area contributed by atoms with Crippen LogP contribution in [-0.2, 0) is 4.79 Å². The molecule has 2 N–H and O–H groups in total. The van der Waals surface area contributed by atoms with Crippen LogP contribution in [0.5, 0.6) is 5.75 Å². The molecule has 1 aliphatic rings. The molecule has 1 aromatic rings. The largest absolute Gasteiger partial charge is 0.493 e. The van der Waals surface area contributed by atoms with Gasteiger partial charge >= 0.3 is 0 Å².